The Morgan fingerprint density at radius 3 is 2.40 bits per heavy atom. The number of hydrogen-bond donors (Lipinski definition) is 2. The number of nitrogens with two attached hydrogens (primary N) is 1. The molecule has 0 spiro atoms. The zero-order valence-electron chi connectivity index (χ0n) is 12.6. The molecule has 0 saturated carbocycles. The summed E-state index contributed by atoms with van der Waals surface area (Å²) in [7, 11) is 0. The van der Waals surface area contributed by atoms with Crippen molar-refractivity contribution in [3.63, 3.8) is 0 Å². The van der Waals surface area contributed by atoms with E-state index in [-0.39, 0.29) is 5.97 Å². The molecule has 1 rings (SSSR count). The van der Waals surface area contributed by atoms with Crippen molar-refractivity contribution < 1.29 is 14.3 Å². The molecule has 0 amide bonds. The summed E-state index contributed by atoms with van der Waals surface area (Å²) in [6, 6.07) is 9.70. The Kier molecular flexibility index (Phi) is 6.13. The van der Waals surface area contributed by atoms with Crippen LogP contribution in [0.25, 0.3) is 0 Å². The van der Waals surface area contributed by atoms with Crippen molar-refractivity contribution in [3.8, 4) is 0 Å². The predicted octanol–water partition coefficient (Wildman–Crippen LogP) is 1.97. The topological polar surface area (TPSA) is 73.6 Å². The van der Waals surface area contributed by atoms with Crippen molar-refractivity contribution in [1.29, 1.82) is 0 Å². The van der Waals surface area contributed by atoms with Crippen LogP contribution in [0.5, 0.6) is 0 Å². The zero-order valence-corrected chi connectivity index (χ0v) is 12.6. The maximum Gasteiger partial charge on any atom is 0.313 e. The highest BCUT2D eigenvalue weighted by Crippen LogP contribution is 2.15. The second kappa shape index (κ2) is 7.38. The molecule has 0 radical (unpaired) electrons. The van der Waals surface area contributed by atoms with Gasteiger partial charge in [0.25, 0.3) is 0 Å². The second-order valence-corrected chi connectivity index (χ2v) is 5.71. The number of benzene rings is 1. The van der Waals surface area contributed by atoms with Gasteiger partial charge in [-0.15, -0.1) is 0 Å². The number of hydrazine groups is 1. The minimum atomic E-state index is -0.593. The molecule has 2 unspecified atom stereocenters. The van der Waals surface area contributed by atoms with E-state index in [0.717, 1.165) is 5.56 Å². The Morgan fingerprint density at radius 1 is 1.30 bits per heavy atom. The molecule has 0 bridgehead atoms. The Balaban J connectivity index is 2.55. The summed E-state index contributed by atoms with van der Waals surface area (Å²) in [6.07, 6.45) is -0.593. The molecular formula is C15H24N2O3. The third-order valence-electron chi connectivity index (χ3n) is 2.67. The molecule has 0 aliphatic rings. The molecule has 0 saturated heterocycles. The Bertz CT molecular complexity index is 415. The minimum Gasteiger partial charge on any atom is -0.460 e. The first-order valence-corrected chi connectivity index (χ1v) is 6.68. The van der Waals surface area contributed by atoms with Crippen LogP contribution in [-0.4, -0.2) is 17.8 Å². The molecule has 2 atom stereocenters. The van der Waals surface area contributed by atoms with Crippen LogP contribution < -0.4 is 11.3 Å². The average molecular weight is 280 g/mol. The summed E-state index contributed by atoms with van der Waals surface area (Å²) in [5, 5.41) is 0. The number of ether oxygens (including phenoxy) is 2. The normalized spacial score (nSPS) is 14.7. The van der Waals surface area contributed by atoms with Gasteiger partial charge in [0.05, 0.1) is 12.5 Å². The molecule has 1 aromatic rings. The summed E-state index contributed by atoms with van der Waals surface area (Å²) >= 11 is 0. The lowest BCUT2D eigenvalue weighted by molar-refractivity contribution is -0.166. The first-order chi connectivity index (χ1) is 9.33. The molecular weight excluding hydrogens is 256 g/mol. The van der Waals surface area contributed by atoms with E-state index >= 15 is 0 Å². The monoisotopic (exact) mass is 280 g/mol. The van der Waals surface area contributed by atoms with Gasteiger partial charge in [-0.05, 0) is 33.3 Å². The van der Waals surface area contributed by atoms with Gasteiger partial charge in [0.1, 0.15) is 11.8 Å². The number of hydrogen-bond acceptors (Lipinski definition) is 5. The maximum atomic E-state index is 12.0. The van der Waals surface area contributed by atoms with Gasteiger partial charge in [-0.25, -0.2) is 5.43 Å². The molecule has 112 valence electrons. The summed E-state index contributed by atoms with van der Waals surface area (Å²) in [6.45, 7) is 7.58. The smallest absolute Gasteiger partial charge is 0.313 e. The lowest BCUT2D eigenvalue weighted by Crippen LogP contribution is -2.46. The van der Waals surface area contributed by atoms with E-state index in [4.69, 9.17) is 15.3 Å². The third-order valence-corrected chi connectivity index (χ3v) is 2.67. The summed E-state index contributed by atoms with van der Waals surface area (Å²) in [5.74, 6) is 4.62. The van der Waals surface area contributed by atoms with Crippen LogP contribution in [0.15, 0.2) is 30.3 Å². The largest absolute Gasteiger partial charge is 0.460 e. The lowest BCUT2D eigenvalue weighted by atomic mass is 10.1. The van der Waals surface area contributed by atoms with Crippen LogP contribution in [0.4, 0.5) is 0 Å². The SMILES string of the molecule is CC(C(=O)OC(C)(C)C)C(NN)OCc1ccccc1. The van der Waals surface area contributed by atoms with Crippen LogP contribution >= 0.6 is 0 Å². The molecule has 20 heavy (non-hydrogen) atoms. The standard InChI is InChI=1S/C15H24N2O3/c1-11(14(18)20-15(2,3)4)13(17-16)19-10-12-8-6-5-7-9-12/h5-9,11,13,17H,10,16H2,1-4H3. The fraction of sp³-hybridized carbons (Fsp3) is 0.533. The van der Waals surface area contributed by atoms with Gasteiger partial charge in [-0.2, -0.15) is 0 Å². The van der Waals surface area contributed by atoms with E-state index in [1.54, 1.807) is 6.92 Å². The first-order valence-electron chi connectivity index (χ1n) is 6.68. The fourth-order valence-corrected chi connectivity index (χ4v) is 1.62. The molecule has 3 N–H and O–H groups in total. The molecule has 5 nitrogen and oxygen atoms in total. The minimum absolute atomic E-state index is 0.339. The lowest BCUT2D eigenvalue weighted by Gasteiger charge is -2.26. The van der Waals surface area contributed by atoms with E-state index in [0.29, 0.717) is 6.61 Å². The quantitative estimate of drug-likeness (QED) is 0.361. The highest BCUT2D eigenvalue weighted by atomic mass is 16.6. The van der Waals surface area contributed by atoms with Gasteiger partial charge in [0.2, 0.25) is 0 Å². The number of rotatable bonds is 6. The fourth-order valence-electron chi connectivity index (χ4n) is 1.62. The van der Waals surface area contributed by atoms with Gasteiger partial charge in [0, 0.05) is 0 Å². The molecule has 0 aliphatic carbocycles. The highest BCUT2D eigenvalue weighted by molar-refractivity contribution is 5.73. The average Bonchev–Trinajstić information content (AvgIpc) is 2.38. The second-order valence-electron chi connectivity index (χ2n) is 5.71. The van der Waals surface area contributed by atoms with E-state index in [1.165, 1.54) is 0 Å². The number of carbonyl (C=O) groups is 1. The summed E-state index contributed by atoms with van der Waals surface area (Å²) < 4.78 is 11.0. The Hall–Kier alpha value is -1.43. The Morgan fingerprint density at radius 2 is 1.90 bits per heavy atom. The van der Waals surface area contributed by atoms with Crippen molar-refractivity contribution in [2.24, 2.45) is 11.8 Å². The molecule has 5 heteroatoms. The first kappa shape index (κ1) is 16.6. The molecule has 0 aromatic heterocycles. The maximum absolute atomic E-state index is 12.0. The van der Waals surface area contributed by atoms with Crippen LogP contribution in [0.3, 0.4) is 0 Å². The van der Waals surface area contributed by atoms with E-state index < -0.39 is 17.7 Å². The van der Waals surface area contributed by atoms with Gasteiger partial charge >= 0.3 is 5.97 Å². The number of esters is 1. The van der Waals surface area contributed by atoms with Crippen molar-refractivity contribution in [1.82, 2.24) is 5.43 Å². The number of carbonyl (C=O) groups excluding carboxylic acids is 1. The Labute approximate surface area is 120 Å². The van der Waals surface area contributed by atoms with Gasteiger partial charge in [-0.1, -0.05) is 30.3 Å². The van der Waals surface area contributed by atoms with Crippen LogP contribution in [0.1, 0.15) is 33.3 Å². The molecule has 0 heterocycles. The van der Waals surface area contributed by atoms with Crippen molar-refractivity contribution in [3.05, 3.63) is 35.9 Å². The van der Waals surface area contributed by atoms with Gasteiger partial charge < -0.3 is 9.47 Å². The number of nitrogens with one attached hydrogen (secondary N) is 1. The van der Waals surface area contributed by atoms with Crippen molar-refractivity contribution in [2.75, 3.05) is 0 Å². The van der Waals surface area contributed by atoms with Crippen molar-refractivity contribution >= 4 is 5.97 Å². The van der Waals surface area contributed by atoms with Crippen molar-refractivity contribution in [2.45, 2.75) is 46.1 Å². The predicted molar refractivity (Wildman–Crippen MR) is 77.4 cm³/mol. The molecule has 1 aromatic carbocycles. The van der Waals surface area contributed by atoms with Gasteiger partial charge in [-0.3, -0.25) is 10.6 Å². The van der Waals surface area contributed by atoms with E-state index in [2.05, 4.69) is 5.43 Å². The van der Waals surface area contributed by atoms with Crippen LogP contribution in [0.2, 0.25) is 0 Å². The zero-order chi connectivity index (χ0) is 15.2. The third kappa shape index (κ3) is 5.69. The summed E-state index contributed by atoms with van der Waals surface area (Å²) in [5.41, 5.74) is 3.01. The van der Waals surface area contributed by atoms with Gasteiger partial charge in [0.15, 0.2) is 0 Å². The van der Waals surface area contributed by atoms with Crippen LogP contribution in [-0.2, 0) is 20.9 Å². The summed E-state index contributed by atoms with van der Waals surface area (Å²) in [4.78, 5) is 12.0. The van der Waals surface area contributed by atoms with Crippen LogP contribution in [0, 0.1) is 5.92 Å². The highest BCUT2D eigenvalue weighted by Gasteiger charge is 2.28. The molecule has 0 aliphatic heterocycles. The molecule has 0 fully saturated rings. The van der Waals surface area contributed by atoms with E-state index in [1.807, 2.05) is 51.1 Å². The van der Waals surface area contributed by atoms with E-state index in [9.17, 15) is 4.79 Å².